The zero-order chi connectivity index (χ0) is 23.5. The van der Waals surface area contributed by atoms with Crippen LogP contribution in [0.4, 0.5) is 15.9 Å². The second-order valence-electron chi connectivity index (χ2n) is 9.34. The Morgan fingerprint density at radius 2 is 2.12 bits per heavy atom. The van der Waals surface area contributed by atoms with Crippen molar-refractivity contribution in [2.75, 3.05) is 23.3 Å². The first-order valence-electron chi connectivity index (χ1n) is 11.6. The molecular weight excluding hydrogens is 421 g/mol. The lowest BCUT2D eigenvalue weighted by Crippen LogP contribution is -2.28. The molecule has 4 N–H and O–H groups in total. The molecule has 0 aromatic carbocycles. The van der Waals surface area contributed by atoms with E-state index >= 15 is 0 Å². The second kappa shape index (κ2) is 9.87. The Bertz CT molecular complexity index is 1030. The maximum Gasteiger partial charge on any atom is 0.230 e. The van der Waals surface area contributed by atoms with Crippen molar-refractivity contribution < 1.29 is 14.0 Å². The molecule has 176 valence electrons. The monoisotopic (exact) mass is 453 g/mol. The first kappa shape index (κ1) is 23.2. The number of halogens is 1. The van der Waals surface area contributed by atoms with Gasteiger partial charge in [0.1, 0.15) is 11.6 Å². The molecule has 8 heteroatoms. The van der Waals surface area contributed by atoms with E-state index < -0.39 is 0 Å². The molecule has 2 unspecified atom stereocenters. The zero-order valence-electron chi connectivity index (χ0n) is 19.2. The second-order valence-corrected chi connectivity index (χ2v) is 9.34. The Labute approximate surface area is 194 Å². The molecule has 1 aromatic rings. The Morgan fingerprint density at radius 1 is 1.33 bits per heavy atom. The number of carbonyl (C=O) groups is 2. The summed E-state index contributed by atoms with van der Waals surface area (Å²) in [7, 11) is 0. The number of hydrogen-bond donors (Lipinski definition) is 3. The lowest BCUT2D eigenvalue weighted by molar-refractivity contribution is -0.121. The van der Waals surface area contributed by atoms with E-state index in [0.29, 0.717) is 30.5 Å². The molecule has 33 heavy (non-hydrogen) atoms. The highest BCUT2D eigenvalue weighted by Gasteiger charge is 2.42. The minimum absolute atomic E-state index is 0.128. The van der Waals surface area contributed by atoms with E-state index in [1.165, 1.54) is 6.08 Å². The first-order chi connectivity index (χ1) is 15.8. The fourth-order valence-corrected chi connectivity index (χ4v) is 4.52. The Hall–Kier alpha value is -3.00. The third-order valence-electron chi connectivity index (χ3n) is 6.39. The van der Waals surface area contributed by atoms with Gasteiger partial charge in [0, 0.05) is 61.2 Å². The highest BCUT2D eigenvalue weighted by Crippen LogP contribution is 2.43. The molecule has 7 nitrogen and oxygen atoms in total. The number of rotatable bonds is 8. The van der Waals surface area contributed by atoms with E-state index in [9.17, 15) is 14.0 Å². The fraction of sp³-hybridized carbons (Fsp3) is 0.480. The summed E-state index contributed by atoms with van der Waals surface area (Å²) in [6, 6.07) is 3.63. The molecule has 2 amide bonds. The Kier molecular flexibility index (Phi) is 6.93. The number of carbonyl (C=O) groups excluding carboxylic acids is 2. The van der Waals surface area contributed by atoms with Gasteiger partial charge in [-0.2, -0.15) is 0 Å². The van der Waals surface area contributed by atoms with Crippen LogP contribution >= 0.6 is 0 Å². The number of aryl methyl sites for hydroxylation is 1. The smallest absolute Gasteiger partial charge is 0.230 e. The minimum Gasteiger partial charge on any atom is -0.362 e. The van der Waals surface area contributed by atoms with Crippen molar-refractivity contribution in [2.24, 2.45) is 23.5 Å². The van der Waals surface area contributed by atoms with Crippen LogP contribution in [-0.2, 0) is 9.59 Å². The standard InChI is InChI=1S/C25H32FN5O2/c1-15(13-27)14-28-20-9-17(8-19(26)11-20)10-24(32)30-23-12-21(7-16(2)29-23)31-6-5-22(25(31)33)18-3-4-18/h7,9,11-12,14,17-18,22,28H,3-6,8,10,13,27H2,1-2H3,(H,29,30,32)/b15-14-. The van der Waals surface area contributed by atoms with Crippen LogP contribution in [0.25, 0.3) is 0 Å². The third-order valence-corrected chi connectivity index (χ3v) is 6.39. The van der Waals surface area contributed by atoms with E-state index in [-0.39, 0.29) is 42.3 Å². The van der Waals surface area contributed by atoms with Crippen molar-refractivity contribution in [3.05, 3.63) is 53.3 Å². The number of hydrogen-bond acceptors (Lipinski definition) is 5. The van der Waals surface area contributed by atoms with Gasteiger partial charge in [-0.05, 0) is 62.7 Å². The summed E-state index contributed by atoms with van der Waals surface area (Å²) in [6.45, 7) is 4.83. The summed E-state index contributed by atoms with van der Waals surface area (Å²) in [4.78, 5) is 31.8. The predicted octanol–water partition coefficient (Wildman–Crippen LogP) is 3.69. The lowest BCUT2D eigenvalue weighted by Gasteiger charge is -2.20. The molecule has 2 aliphatic carbocycles. The Morgan fingerprint density at radius 3 is 2.85 bits per heavy atom. The van der Waals surface area contributed by atoms with Crippen molar-refractivity contribution >= 4 is 23.3 Å². The van der Waals surface area contributed by atoms with Gasteiger partial charge in [-0.25, -0.2) is 9.37 Å². The molecule has 2 fully saturated rings. The summed E-state index contributed by atoms with van der Waals surface area (Å²) < 4.78 is 14.1. The average Bonchev–Trinajstić information content (AvgIpc) is 3.52. The predicted molar refractivity (Wildman–Crippen MR) is 127 cm³/mol. The minimum atomic E-state index is -0.273. The quantitative estimate of drug-likeness (QED) is 0.557. The van der Waals surface area contributed by atoms with Gasteiger partial charge >= 0.3 is 0 Å². The molecular formula is C25H32FN5O2. The van der Waals surface area contributed by atoms with Gasteiger partial charge in [-0.1, -0.05) is 6.08 Å². The van der Waals surface area contributed by atoms with Crippen molar-refractivity contribution in [1.29, 1.82) is 0 Å². The van der Waals surface area contributed by atoms with Crippen molar-refractivity contribution in [2.45, 2.75) is 46.0 Å². The number of pyridine rings is 1. The maximum atomic E-state index is 14.1. The highest BCUT2D eigenvalue weighted by atomic mass is 19.1. The van der Waals surface area contributed by atoms with Crippen LogP contribution < -0.4 is 21.3 Å². The van der Waals surface area contributed by atoms with Crippen LogP contribution in [0.3, 0.4) is 0 Å². The zero-order valence-corrected chi connectivity index (χ0v) is 19.2. The number of nitrogens with two attached hydrogens (primary N) is 1. The largest absolute Gasteiger partial charge is 0.362 e. The lowest BCUT2D eigenvalue weighted by atomic mass is 9.94. The maximum absolute atomic E-state index is 14.1. The van der Waals surface area contributed by atoms with Gasteiger partial charge in [-0.15, -0.1) is 0 Å². The molecule has 1 aliphatic heterocycles. The van der Waals surface area contributed by atoms with Gasteiger partial charge < -0.3 is 21.3 Å². The van der Waals surface area contributed by atoms with E-state index in [0.717, 1.165) is 36.2 Å². The summed E-state index contributed by atoms with van der Waals surface area (Å²) in [5.41, 5.74) is 8.62. The first-order valence-corrected chi connectivity index (χ1v) is 11.6. The highest BCUT2D eigenvalue weighted by molar-refractivity contribution is 5.98. The van der Waals surface area contributed by atoms with Crippen molar-refractivity contribution in [3.63, 3.8) is 0 Å². The van der Waals surface area contributed by atoms with E-state index in [4.69, 9.17) is 5.73 Å². The van der Waals surface area contributed by atoms with Gasteiger partial charge in [-0.3, -0.25) is 9.59 Å². The molecule has 1 aromatic heterocycles. The number of anilines is 2. The Balaban J connectivity index is 1.40. The van der Waals surface area contributed by atoms with Crippen LogP contribution in [-0.4, -0.2) is 29.9 Å². The van der Waals surface area contributed by atoms with Crippen LogP contribution in [0.5, 0.6) is 0 Å². The van der Waals surface area contributed by atoms with Crippen LogP contribution in [0.15, 0.2) is 47.6 Å². The van der Waals surface area contributed by atoms with Crippen molar-refractivity contribution in [1.82, 2.24) is 10.3 Å². The van der Waals surface area contributed by atoms with Crippen LogP contribution in [0, 0.1) is 24.7 Å². The molecule has 0 spiro atoms. The number of nitrogens with zero attached hydrogens (tertiary/aromatic N) is 2. The molecule has 0 radical (unpaired) electrons. The van der Waals surface area contributed by atoms with Gasteiger partial charge in [0.05, 0.1) is 0 Å². The third kappa shape index (κ3) is 5.87. The van der Waals surface area contributed by atoms with E-state index in [1.54, 1.807) is 12.3 Å². The molecule has 2 atom stereocenters. The molecule has 1 saturated carbocycles. The molecule has 1 saturated heterocycles. The fourth-order valence-electron chi connectivity index (χ4n) is 4.52. The average molecular weight is 454 g/mol. The van der Waals surface area contributed by atoms with Gasteiger partial charge in [0.25, 0.3) is 0 Å². The number of allylic oxidation sites excluding steroid dienone is 3. The topological polar surface area (TPSA) is 100 Å². The summed E-state index contributed by atoms with van der Waals surface area (Å²) >= 11 is 0. The van der Waals surface area contributed by atoms with Crippen LogP contribution in [0.2, 0.25) is 0 Å². The van der Waals surface area contributed by atoms with E-state index in [1.807, 2.05) is 30.9 Å². The van der Waals surface area contributed by atoms with Crippen LogP contribution in [0.1, 0.15) is 44.7 Å². The molecule has 0 bridgehead atoms. The number of aromatic nitrogens is 1. The van der Waals surface area contributed by atoms with Gasteiger partial charge in [0.15, 0.2) is 0 Å². The molecule has 3 aliphatic rings. The normalized spacial score (nSPS) is 23.3. The summed E-state index contributed by atoms with van der Waals surface area (Å²) in [6.07, 6.45) is 8.52. The summed E-state index contributed by atoms with van der Waals surface area (Å²) in [5.74, 6) is 0.465. The number of amides is 2. The number of nitrogens with one attached hydrogen (secondary N) is 2. The summed E-state index contributed by atoms with van der Waals surface area (Å²) in [5, 5.41) is 5.88. The van der Waals surface area contributed by atoms with E-state index in [2.05, 4.69) is 15.6 Å². The van der Waals surface area contributed by atoms with Crippen molar-refractivity contribution in [3.8, 4) is 0 Å². The SMILES string of the molecule is C/C(=C/NC1=CC(CC(=O)Nc2cc(N3CCC(C4CC4)C3=O)cc(C)n2)CC(F)=C1)CN. The van der Waals surface area contributed by atoms with Gasteiger partial charge in [0.2, 0.25) is 11.8 Å². The molecule has 2 heterocycles. The molecule has 4 rings (SSSR count).